The van der Waals surface area contributed by atoms with Crippen molar-refractivity contribution in [1.82, 2.24) is 24.5 Å². The summed E-state index contributed by atoms with van der Waals surface area (Å²) in [4.78, 5) is 20.1. The second-order valence-electron chi connectivity index (χ2n) is 8.70. The van der Waals surface area contributed by atoms with Gasteiger partial charge in [-0.25, -0.2) is 0 Å². The quantitative estimate of drug-likeness (QED) is 0.619. The molecule has 1 fully saturated rings. The standard InChI is InChI=1S/C22H23F3N6O/c1-12-13(2)31-14(3)27-28-21(31)18-11-30(10-17(12)18)20(32)6-15-8-29(9-15)16-4-5-26-19(7-16)22(23,24)25/h4-5,7,15H,6,8-11H2,1-3H3. The number of aryl methyl sites for hydroxylation is 2. The molecule has 0 aromatic carbocycles. The Morgan fingerprint density at radius 3 is 2.56 bits per heavy atom. The number of halogens is 3. The number of alkyl halides is 3. The first-order valence-electron chi connectivity index (χ1n) is 10.5. The molecule has 0 spiro atoms. The van der Waals surface area contributed by atoms with E-state index in [4.69, 9.17) is 0 Å². The van der Waals surface area contributed by atoms with Crippen LogP contribution in [0.5, 0.6) is 0 Å². The van der Waals surface area contributed by atoms with Crippen molar-refractivity contribution < 1.29 is 18.0 Å². The number of hydrogen-bond donors (Lipinski definition) is 0. The number of carbonyl (C=O) groups is 1. The van der Waals surface area contributed by atoms with E-state index in [1.807, 2.05) is 28.0 Å². The molecule has 2 aliphatic heterocycles. The molecule has 0 atom stereocenters. The van der Waals surface area contributed by atoms with E-state index in [1.165, 1.54) is 6.20 Å². The van der Waals surface area contributed by atoms with Crippen LogP contribution in [-0.2, 0) is 24.1 Å². The summed E-state index contributed by atoms with van der Waals surface area (Å²) in [5.41, 5.74) is 4.82. The number of nitrogens with zero attached hydrogens (tertiary/aromatic N) is 6. The average molecular weight is 444 g/mol. The number of hydrogen-bond acceptors (Lipinski definition) is 5. The summed E-state index contributed by atoms with van der Waals surface area (Å²) in [5, 5.41) is 8.53. The van der Waals surface area contributed by atoms with E-state index in [1.54, 1.807) is 6.07 Å². The zero-order chi connectivity index (χ0) is 22.8. The molecule has 0 unspecified atom stereocenters. The average Bonchev–Trinajstić information content (AvgIpc) is 3.32. The zero-order valence-corrected chi connectivity index (χ0v) is 18.1. The molecule has 0 saturated carbocycles. The summed E-state index contributed by atoms with van der Waals surface area (Å²) in [5.74, 6) is 1.00. The van der Waals surface area contributed by atoms with Gasteiger partial charge in [-0.2, -0.15) is 13.2 Å². The molecule has 0 radical (unpaired) electrons. The monoisotopic (exact) mass is 444 g/mol. The van der Waals surface area contributed by atoms with Crippen molar-refractivity contribution >= 4 is 17.2 Å². The van der Waals surface area contributed by atoms with Gasteiger partial charge in [0, 0.05) is 55.1 Å². The Labute approximate surface area is 182 Å². The van der Waals surface area contributed by atoms with E-state index in [0.717, 1.165) is 39.9 Å². The lowest BCUT2D eigenvalue weighted by atomic mass is 9.95. The second-order valence-corrected chi connectivity index (χ2v) is 8.70. The second kappa shape index (κ2) is 7.18. The number of rotatable bonds is 3. The van der Waals surface area contributed by atoms with Crippen LogP contribution >= 0.6 is 0 Å². The van der Waals surface area contributed by atoms with Crippen LogP contribution in [0.4, 0.5) is 18.9 Å². The largest absolute Gasteiger partial charge is 0.433 e. The number of pyridine rings is 2. The summed E-state index contributed by atoms with van der Waals surface area (Å²) in [7, 11) is 0. The first-order valence-corrected chi connectivity index (χ1v) is 10.5. The van der Waals surface area contributed by atoms with Crippen molar-refractivity contribution in [2.75, 3.05) is 18.0 Å². The van der Waals surface area contributed by atoms with E-state index >= 15 is 0 Å². The van der Waals surface area contributed by atoms with Gasteiger partial charge in [0.2, 0.25) is 5.91 Å². The normalized spacial score (nSPS) is 16.6. The third kappa shape index (κ3) is 3.28. The van der Waals surface area contributed by atoms with Gasteiger partial charge in [-0.3, -0.25) is 14.2 Å². The van der Waals surface area contributed by atoms with Gasteiger partial charge in [0.1, 0.15) is 11.5 Å². The van der Waals surface area contributed by atoms with Gasteiger partial charge >= 0.3 is 6.18 Å². The van der Waals surface area contributed by atoms with Crippen LogP contribution in [0, 0.1) is 26.7 Å². The molecule has 32 heavy (non-hydrogen) atoms. The van der Waals surface area contributed by atoms with Gasteiger partial charge in [0.15, 0.2) is 5.65 Å². The Bertz CT molecular complexity index is 1230. The molecule has 7 nitrogen and oxygen atoms in total. The number of carbonyl (C=O) groups excluding carboxylic acids is 1. The number of fused-ring (bicyclic) bond motifs is 3. The van der Waals surface area contributed by atoms with Crippen LogP contribution in [0.1, 0.15) is 40.3 Å². The van der Waals surface area contributed by atoms with Crippen LogP contribution in [0.15, 0.2) is 18.3 Å². The van der Waals surface area contributed by atoms with Gasteiger partial charge in [-0.05, 0) is 44.0 Å². The molecule has 1 amide bonds. The molecule has 1 saturated heterocycles. The Hall–Kier alpha value is -3.17. The highest BCUT2D eigenvalue weighted by Crippen LogP contribution is 2.35. The fourth-order valence-corrected chi connectivity index (χ4v) is 4.76. The van der Waals surface area contributed by atoms with E-state index in [2.05, 4.69) is 22.1 Å². The Balaban J connectivity index is 1.25. The van der Waals surface area contributed by atoms with Gasteiger partial charge in [-0.15, -0.1) is 10.2 Å². The van der Waals surface area contributed by atoms with Crippen molar-refractivity contribution in [3.05, 3.63) is 52.2 Å². The molecule has 5 rings (SSSR count). The van der Waals surface area contributed by atoms with Gasteiger partial charge in [0.25, 0.3) is 0 Å². The zero-order valence-electron chi connectivity index (χ0n) is 18.1. The fourth-order valence-electron chi connectivity index (χ4n) is 4.76. The fraction of sp³-hybridized carbons (Fsp3) is 0.455. The molecule has 0 bridgehead atoms. The summed E-state index contributed by atoms with van der Waals surface area (Å²) < 4.78 is 40.7. The maximum Gasteiger partial charge on any atom is 0.433 e. The van der Waals surface area contributed by atoms with Gasteiger partial charge < -0.3 is 9.80 Å². The minimum atomic E-state index is -4.47. The maximum atomic E-state index is 13.0. The molecule has 10 heteroatoms. The maximum absolute atomic E-state index is 13.0. The lowest BCUT2D eigenvalue weighted by Gasteiger charge is -2.41. The summed E-state index contributed by atoms with van der Waals surface area (Å²) in [6, 6.07) is 2.63. The van der Waals surface area contributed by atoms with Crippen molar-refractivity contribution in [3.8, 4) is 0 Å². The first-order chi connectivity index (χ1) is 15.1. The van der Waals surface area contributed by atoms with Gasteiger partial charge in [0.05, 0.1) is 6.54 Å². The molecule has 2 aliphatic rings. The topological polar surface area (TPSA) is 66.6 Å². The van der Waals surface area contributed by atoms with Crippen LogP contribution in [0.2, 0.25) is 0 Å². The third-order valence-corrected chi connectivity index (χ3v) is 6.66. The highest BCUT2D eigenvalue weighted by molar-refractivity contribution is 5.78. The van der Waals surface area contributed by atoms with Crippen LogP contribution in [0.3, 0.4) is 0 Å². The van der Waals surface area contributed by atoms with Crippen LogP contribution < -0.4 is 4.90 Å². The molecule has 3 aromatic rings. The summed E-state index contributed by atoms with van der Waals surface area (Å²) in [6.45, 7) is 8.19. The molecule has 168 valence electrons. The lowest BCUT2D eigenvalue weighted by molar-refractivity contribution is -0.141. The van der Waals surface area contributed by atoms with Crippen molar-refractivity contribution in [3.63, 3.8) is 0 Å². The highest BCUT2D eigenvalue weighted by Gasteiger charge is 2.36. The third-order valence-electron chi connectivity index (χ3n) is 6.66. The van der Waals surface area contributed by atoms with Gasteiger partial charge in [-0.1, -0.05) is 0 Å². The van der Waals surface area contributed by atoms with Crippen LogP contribution in [-0.4, -0.2) is 43.5 Å². The predicted molar refractivity (Wildman–Crippen MR) is 111 cm³/mol. The number of amides is 1. The van der Waals surface area contributed by atoms with Crippen molar-refractivity contribution in [2.24, 2.45) is 5.92 Å². The SMILES string of the molecule is Cc1c2c(c3nnc(C)n3c1C)CN(C(=O)CC1CN(c3ccnc(C(F)(F)F)c3)C1)C2. The molecular weight excluding hydrogens is 421 g/mol. The van der Waals surface area contributed by atoms with E-state index in [9.17, 15) is 18.0 Å². The Kier molecular flexibility index (Phi) is 4.65. The highest BCUT2D eigenvalue weighted by atomic mass is 19.4. The summed E-state index contributed by atoms with van der Waals surface area (Å²) >= 11 is 0. The Morgan fingerprint density at radius 1 is 1.12 bits per heavy atom. The van der Waals surface area contributed by atoms with E-state index < -0.39 is 11.9 Å². The molecule has 5 heterocycles. The van der Waals surface area contributed by atoms with E-state index in [-0.39, 0.29) is 11.8 Å². The molecule has 3 aromatic heterocycles. The van der Waals surface area contributed by atoms with Crippen molar-refractivity contribution in [1.29, 1.82) is 0 Å². The van der Waals surface area contributed by atoms with E-state index in [0.29, 0.717) is 38.3 Å². The minimum Gasteiger partial charge on any atom is -0.371 e. The summed E-state index contributed by atoms with van der Waals surface area (Å²) in [6.07, 6.45) is -2.91. The van der Waals surface area contributed by atoms with Crippen molar-refractivity contribution in [2.45, 2.75) is 46.5 Å². The first kappa shape index (κ1) is 20.7. The molecular formula is C22H23F3N6O. The molecule has 0 aliphatic carbocycles. The molecule has 0 N–H and O–H groups in total. The number of aromatic nitrogens is 4. The number of anilines is 1. The Morgan fingerprint density at radius 2 is 1.84 bits per heavy atom. The lowest BCUT2D eigenvalue weighted by Crippen LogP contribution is -2.48. The van der Waals surface area contributed by atoms with Crippen LogP contribution in [0.25, 0.3) is 5.65 Å². The minimum absolute atomic E-state index is 0.0583. The predicted octanol–water partition coefficient (Wildman–Crippen LogP) is 3.44. The smallest absolute Gasteiger partial charge is 0.371 e.